The lowest BCUT2D eigenvalue weighted by molar-refractivity contribution is -0.132. The molecule has 0 aromatic carbocycles. The predicted octanol–water partition coefficient (Wildman–Crippen LogP) is 3.70. The van der Waals surface area contributed by atoms with Gasteiger partial charge in [0.1, 0.15) is 17.3 Å². The summed E-state index contributed by atoms with van der Waals surface area (Å²) in [6.07, 6.45) is -1.41. The highest BCUT2D eigenvalue weighted by Crippen LogP contribution is 2.42. The number of carbonyl (C=O) groups is 2. The zero-order valence-electron chi connectivity index (χ0n) is 15.5. The molecule has 23 heavy (non-hydrogen) atoms. The van der Waals surface area contributed by atoms with Gasteiger partial charge < -0.3 is 9.64 Å². The smallest absolute Gasteiger partial charge is 0.412 e. The van der Waals surface area contributed by atoms with Crippen molar-refractivity contribution >= 4 is 12.0 Å². The van der Waals surface area contributed by atoms with E-state index in [1.807, 2.05) is 20.8 Å². The summed E-state index contributed by atoms with van der Waals surface area (Å²) in [5.74, 6) is -0.959. The molecule has 0 N–H and O–H groups in total. The van der Waals surface area contributed by atoms with Crippen molar-refractivity contribution in [1.29, 1.82) is 0 Å². The summed E-state index contributed by atoms with van der Waals surface area (Å²) in [6, 6.07) is 0. The highest BCUT2D eigenvalue weighted by atomic mass is 19.1. The third kappa shape index (κ3) is 3.85. The quantitative estimate of drug-likeness (QED) is 0.776. The molecule has 132 valence electrons. The van der Waals surface area contributed by atoms with Crippen LogP contribution in [0.5, 0.6) is 0 Å². The van der Waals surface area contributed by atoms with Crippen molar-refractivity contribution in [2.24, 2.45) is 5.41 Å². The van der Waals surface area contributed by atoms with E-state index in [1.165, 1.54) is 9.80 Å². The molecule has 0 unspecified atom stereocenters. The Balaban J connectivity index is 3.41. The highest BCUT2D eigenvalue weighted by Gasteiger charge is 2.59. The number of hydrogen-bond donors (Lipinski definition) is 0. The molecule has 0 saturated carbocycles. The molecule has 2 amide bonds. The average molecular weight is 328 g/mol. The maximum absolute atomic E-state index is 13.6. The molecule has 5 nitrogen and oxygen atoms in total. The lowest BCUT2D eigenvalue weighted by Gasteiger charge is -2.41. The van der Waals surface area contributed by atoms with Gasteiger partial charge in [0.2, 0.25) is 5.91 Å². The monoisotopic (exact) mass is 328 g/mol. The maximum Gasteiger partial charge on any atom is 0.412 e. The van der Waals surface area contributed by atoms with E-state index in [4.69, 9.17) is 4.74 Å². The molecule has 2 atom stereocenters. The van der Waals surface area contributed by atoms with Crippen molar-refractivity contribution in [2.45, 2.75) is 72.2 Å². The highest BCUT2D eigenvalue weighted by molar-refractivity contribution is 5.93. The van der Waals surface area contributed by atoms with Crippen molar-refractivity contribution in [1.82, 2.24) is 9.80 Å². The van der Waals surface area contributed by atoms with E-state index >= 15 is 0 Å². The molecule has 1 aliphatic heterocycles. The Morgan fingerprint density at radius 2 is 1.78 bits per heavy atom. The third-order valence-corrected chi connectivity index (χ3v) is 3.83. The van der Waals surface area contributed by atoms with Crippen LogP contribution in [0.3, 0.4) is 0 Å². The van der Waals surface area contributed by atoms with E-state index in [2.05, 4.69) is 6.58 Å². The minimum Gasteiger partial charge on any atom is -0.444 e. The Hall–Kier alpha value is -1.59. The normalized spacial score (nSPS) is 25.8. The summed E-state index contributed by atoms with van der Waals surface area (Å²) in [7, 11) is 1.63. The van der Waals surface area contributed by atoms with Crippen molar-refractivity contribution in [3.63, 3.8) is 0 Å². The summed E-state index contributed by atoms with van der Waals surface area (Å²) in [4.78, 5) is 28.4. The van der Waals surface area contributed by atoms with Gasteiger partial charge in [0.15, 0.2) is 0 Å². The van der Waals surface area contributed by atoms with Crippen molar-refractivity contribution < 1.29 is 18.7 Å². The molecule has 0 aliphatic carbocycles. The second kappa shape index (κ2) is 5.80. The van der Waals surface area contributed by atoms with E-state index in [-0.39, 0.29) is 12.3 Å². The van der Waals surface area contributed by atoms with Crippen LogP contribution in [0.15, 0.2) is 12.4 Å². The molecule has 1 fully saturated rings. The molecule has 0 bridgehead atoms. The Kier molecular flexibility index (Phi) is 4.91. The largest absolute Gasteiger partial charge is 0.444 e. The van der Waals surface area contributed by atoms with Crippen molar-refractivity contribution in [2.75, 3.05) is 7.05 Å². The third-order valence-electron chi connectivity index (χ3n) is 3.83. The van der Waals surface area contributed by atoms with E-state index in [9.17, 15) is 14.0 Å². The molecule has 1 aliphatic rings. The van der Waals surface area contributed by atoms with Crippen LogP contribution in [0.4, 0.5) is 9.18 Å². The fraction of sp³-hybridized carbons (Fsp3) is 0.765. The van der Waals surface area contributed by atoms with Crippen molar-refractivity contribution in [3.8, 4) is 0 Å². The SMILES string of the molecule is C=C(F)C[C@@]1(C)C(=O)N(C)[C@H](C(C)(C)C)N1C(=O)OC(C)(C)C. The van der Waals surface area contributed by atoms with Gasteiger partial charge in [-0.15, -0.1) is 0 Å². The fourth-order valence-corrected chi connectivity index (χ4v) is 3.15. The first-order valence-corrected chi connectivity index (χ1v) is 7.74. The van der Waals surface area contributed by atoms with Gasteiger partial charge in [0.25, 0.3) is 0 Å². The Bertz CT molecular complexity index is 519. The number of nitrogens with zero attached hydrogens (tertiary/aromatic N) is 2. The zero-order valence-corrected chi connectivity index (χ0v) is 15.5. The predicted molar refractivity (Wildman–Crippen MR) is 87.4 cm³/mol. The second-order valence-electron chi connectivity index (χ2n) is 8.47. The number of likely N-dealkylation sites (N-methyl/N-ethyl adjacent to an activating group) is 1. The molecular weight excluding hydrogens is 299 g/mol. The molecule has 0 aromatic heterocycles. The van der Waals surface area contributed by atoms with Crippen LogP contribution in [-0.2, 0) is 9.53 Å². The van der Waals surface area contributed by atoms with E-state index in [0.717, 1.165) is 0 Å². The van der Waals surface area contributed by atoms with Crippen LogP contribution in [0.25, 0.3) is 0 Å². The second-order valence-corrected chi connectivity index (χ2v) is 8.47. The van der Waals surface area contributed by atoms with Crippen molar-refractivity contribution in [3.05, 3.63) is 12.4 Å². The summed E-state index contributed by atoms with van der Waals surface area (Å²) in [6.45, 7) is 15.9. The number of hydrogen-bond acceptors (Lipinski definition) is 3. The van der Waals surface area contributed by atoms with Crippen LogP contribution in [-0.4, -0.2) is 46.2 Å². The molecule has 1 heterocycles. The molecule has 0 spiro atoms. The first kappa shape index (κ1) is 19.5. The minimum absolute atomic E-state index is 0.248. The van der Waals surface area contributed by atoms with Crippen LogP contribution < -0.4 is 0 Å². The summed E-state index contributed by atoms with van der Waals surface area (Å²) in [5, 5.41) is 0. The first-order valence-electron chi connectivity index (χ1n) is 7.74. The molecule has 1 rings (SSSR count). The fourth-order valence-electron chi connectivity index (χ4n) is 3.15. The number of halogens is 1. The number of amides is 2. The summed E-state index contributed by atoms with van der Waals surface area (Å²) >= 11 is 0. The van der Waals surface area contributed by atoms with Gasteiger partial charge in [-0.3, -0.25) is 9.69 Å². The Morgan fingerprint density at radius 1 is 1.30 bits per heavy atom. The van der Waals surface area contributed by atoms with Crippen LogP contribution in [0, 0.1) is 5.41 Å². The standard InChI is InChI=1S/C17H29FN2O3/c1-11(18)10-17(8)13(21)19(9)12(15(2,3)4)20(17)14(22)23-16(5,6)7/h12H,1,10H2,2-9H3/t12-,17-/m0/s1. The number of rotatable bonds is 2. The van der Waals surface area contributed by atoms with Gasteiger partial charge in [-0.1, -0.05) is 27.4 Å². The van der Waals surface area contributed by atoms with Crippen LogP contribution in [0.2, 0.25) is 0 Å². The van der Waals surface area contributed by atoms with Gasteiger partial charge in [0.05, 0.1) is 5.83 Å². The number of ether oxygens (including phenoxy) is 1. The Labute approximate surface area is 138 Å². The van der Waals surface area contributed by atoms with Crippen LogP contribution in [0.1, 0.15) is 54.9 Å². The molecule has 0 radical (unpaired) electrons. The van der Waals surface area contributed by atoms with E-state index in [0.29, 0.717) is 0 Å². The van der Waals surface area contributed by atoms with Gasteiger partial charge in [0, 0.05) is 18.9 Å². The summed E-state index contributed by atoms with van der Waals surface area (Å²) in [5.41, 5.74) is -2.48. The van der Waals surface area contributed by atoms with Gasteiger partial charge in [-0.05, 0) is 27.7 Å². The molecule has 1 saturated heterocycles. The van der Waals surface area contributed by atoms with E-state index < -0.39 is 34.6 Å². The van der Waals surface area contributed by atoms with Gasteiger partial charge in [-0.25, -0.2) is 9.18 Å². The van der Waals surface area contributed by atoms with Crippen LogP contribution >= 0.6 is 0 Å². The number of carbonyl (C=O) groups excluding carboxylic acids is 2. The Morgan fingerprint density at radius 3 is 2.13 bits per heavy atom. The molecule has 6 heteroatoms. The topological polar surface area (TPSA) is 49.9 Å². The molecular formula is C17H29FN2O3. The lowest BCUT2D eigenvalue weighted by Crippen LogP contribution is -2.56. The van der Waals surface area contributed by atoms with Gasteiger partial charge in [-0.2, -0.15) is 0 Å². The first-order chi connectivity index (χ1) is 10.1. The molecule has 0 aromatic rings. The van der Waals surface area contributed by atoms with E-state index in [1.54, 1.807) is 34.7 Å². The lowest BCUT2D eigenvalue weighted by atomic mass is 9.89. The minimum atomic E-state index is -1.35. The average Bonchev–Trinajstić information content (AvgIpc) is 2.46. The van der Waals surface area contributed by atoms with Gasteiger partial charge >= 0.3 is 6.09 Å². The zero-order chi connectivity index (χ0) is 18.4. The summed E-state index contributed by atoms with van der Waals surface area (Å²) < 4.78 is 19.0. The maximum atomic E-state index is 13.6.